The number of likely N-dealkylation sites (tertiary alicyclic amines) is 1. The molecule has 5 atom stereocenters. The molecule has 2 rings (SSSR count). The van der Waals surface area contributed by atoms with E-state index in [4.69, 9.17) is 0 Å². The van der Waals surface area contributed by atoms with Crippen molar-refractivity contribution in [3.8, 4) is 0 Å². The van der Waals surface area contributed by atoms with Crippen LogP contribution in [0.25, 0.3) is 0 Å². The summed E-state index contributed by atoms with van der Waals surface area (Å²) in [5.74, 6) is 2.38. The Morgan fingerprint density at radius 3 is 2.35 bits per heavy atom. The van der Waals surface area contributed by atoms with Gasteiger partial charge in [-0.15, -0.1) is 0 Å². The van der Waals surface area contributed by atoms with Crippen molar-refractivity contribution in [3.05, 3.63) is 0 Å². The highest BCUT2D eigenvalue weighted by atomic mass is 16.3. The minimum absolute atomic E-state index is 0.0854. The molecule has 5 unspecified atom stereocenters. The van der Waals surface area contributed by atoms with Gasteiger partial charge in [-0.05, 0) is 50.4 Å². The summed E-state index contributed by atoms with van der Waals surface area (Å²) in [6.45, 7) is 10.5. The molecule has 1 saturated carbocycles. The number of hydrogen-bond donors (Lipinski definition) is 1. The lowest BCUT2D eigenvalue weighted by Crippen LogP contribution is -2.49. The van der Waals surface area contributed by atoms with Crippen molar-refractivity contribution in [2.45, 2.75) is 71.6 Å². The summed E-state index contributed by atoms with van der Waals surface area (Å²) in [6, 6.07) is 1.09. The molecular formula is C15H29NO. The van der Waals surface area contributed by atoms with E-state index in [1.54, 1.807) is 0 Å². The summed E-state index contributed by atoms with van der Waals surface area (Å²) in [5.41, 5.74) is 0. The quantitative estimate of drug-likeness (QED) is 0.801. The topological polar surface area (TPSA) is 23.5 Å². The molecule has 100 valence electrons. The summed E-state index contributed by atoms with van der Waals surface area (Å²) in [7, 11) is 0. The van der Waals surface area contributed by atoms with Gasteiger partial charge in [-0.3, -0.25) is 4.90 Å². The van der Waals surface area contributed by atoms with Gasteiger partial charge in [-0.25, -0.2) is 0 Å². The molecule has 0 aromatic carbocycles. The number of aliphatic hydroxyl groups excluding tert-OH is 1. The molecule has 1 heterocycles. The summed E-state index contributed by atoms with van der Waals surface area (Å²) in [5, 5.41) is 10.3. The Balaban J connectivity index is 2.02. The van der Waals surface area contributed by atoms with Crippen LogP contribution in [0.1, 0.15) is 53.4 Å². The molecule has 0 amide bonds. The molecule has 1 saturated heterocycles. The van der Waals surface area contributed by atoms with Crippen LogP contribution in [0.3, 0.4) is 0 Å². The zero-order valence-corrected chi connectivity index (χ0v) is 11.9. The fraction of sp³-hybridized carbons (Fsp3) is 1.00. The maximum absolute atomic E-state index is 10.3. The highest BCUT2D eigenvalue weighted by Crippen LogP contribution is 2.36. The van der Waals surface area contributed by atoms with Crippen molar-refractivity contribution in [2.75, 3.05) is 6.54 Å². The average Bonchev–Trinajstić information content (AvgIpc) is 2.58. The first kappa shape index (κ1) is 13.4. The van der Waals surface area contributed by atoms with Gasteiger partial charge in [0.2, 0.25) is 0 Å². The van der Waals surface area contributed by atoms with Gasteiger partial charge >= 0.3 is 0 Å². The SMILES string of the molecule is CC1CC(C)N(C2CC(C(C)C)CCC2O)C1. The van der Waals surface area contributed by atoms with Crippen molar-refractivity contribution in [1.29, 1.82) is 0 Å². The molecule has 0 radical (unpaired) electrons. The smallest absolute Gasteiger partial charge is 0.0695 e. The molecule has 1 aliphatic carbocycles. The van der Waals surface area contributed by atoms with Gasteiger partial charge in [0.05, 0.1) is 6.10 Å². The zero-order valence-electron chi connectivity index (χ0n) is 11.9. The largest absolute Gasteiger partial charge is 0.391 e. The first-order chi connectivity index (χ1) is 7.99. The monoisotopic (exact) mass is 239 g/mol. The second-order valence-electron chi connectivity index (χ2n) is 6.84. The third kappa shape index (κ3) is 2.85. The van der Waals surface area contributed by atoms with Gasteiger partial charge in [0, 0.05) is 18.6 Å². The van der Waals surface area contributed by atoms with Crippen LogP contribution in [0, 0.1) is 17.8 Å². The molecule has 2 fully saturated rings. The Hall–Kier alpha value is -0.0800. The predicted molar refractivity (Wildman–Crippen MR) is 71.9 cm³/mol. The van der Waals surface area contributed by atoms with E-state index in [2.05, 4.69) is 32.6 Å². The van der Waals surface area contributed by atoms with Crippen molar-refractivity contribution in [2.24, 2.45) is 17.8 Å². The maximum atomic E-state index is 10.3. The van der Waals surface area contributed by atoms with Crippen LogP contribution in [0.4, 0.5) is 0 Å². The highest BCUT2D eigenvalue weighted by molar-refractivity contribution is 4.93. The number of nitrogens with zero attached hydrogens (tertiary/aromatic N) is 1. The minimum Gasteiger partial charge on any atom is -0.391 e. The van der Waals surface area contributed by atoms with Gasteiger partial charge in [0.1, 0.15) is 0 Å². The third-order valence-electron chi connectivity index (χ3n) is 5.02. The van der Waals surface area contributed by atoms with E-state index in [0.717, 1.165) is 24.2 Å². The Bertz CT molecular complexity index is 253. The van der Waals surface area contributed by atoms with Crippen molar-refractivity contribution < 1.29 is 5.11 Å². The van der Waals surface area contributed by atoms with Gasteiger partial charge in [0.15, 0.2) is 0 Å². The van der Waals surface area contributed by atoms with E-state index < -0.39 is 0 Å². The summed E-state index contributed by atoms with van der Waals surface area (Å²) >= 11 is 0. The van der Waals surface area contributed by atoms with Gasteiger partial charge < -0.3 is 5.11 Å². The number of aliphatic hydroxyl groups is 1. The van der Waals surface area contributed by atoms with E-state index >= 15 is 0 Å². The summed E-state index contributed by atoms with van der Waals surface area (Å²) in [6.07, 6.45) is 4.64. The van der Waals surface area contributed by atoms with Crippen molar-refractivity contribution in [1.82, 2.24) is 4.90 Å². The minimum atomic E-state index is -0.0854. The van der Waals surface area contributed by atoms with Crippen LogP contribution in [-0.4, -0.2) is 34.7 Å². The Morgan fingerprint density at radius 1 is 1.12 bits per heavy atom. The molecular weight excluding hydrogens is 210 g/mol. The standard InChI is InChI=1S/C15H29NO/c1-10(2)13-5-6-15(17)14(8-13)16-9-11(3)7-12(16)4/h10-15,17H,5-9H2,1-4H3. The Labute approximate surface area is 106 Å². The summed E-state index contributed by atoms with van der Waals surface area (Å²) < 4.78 is 0. The lowest BCUT2D eigenvalue weighted by atomic mass is 9.77. The first-order valence-corrected chi connectivity index (χ1v) is 7.42. The van der Waals surface area contributed by atoms with Crippen molar-refractivity contribution in [3.63, 3.8) is 0 Å². The van der Waals surface area contributed by atoms with Gasteiger partial charge in [-0.1, -0.05) is 20.8 Å². The lowest BCUT2D eigenvalue weighted by molar-refractivity contribution is -0.00824. The highest BCUT2D eigenvalue weighted by Gasteiger charge is 2.39. The maximum Gasteiger partial charge on any atom is 0.0695 e. The molecule has 0 aromatic heterocycles. The van der Waals surface area contributed by atoms with E-state index in [-0.39, 0.29) is 6.10 Å². The Morgan fingerprint density at radius 2 is 1.82 bits per heavy atom. The van der Waals surface area contributed by atoms with Crippen molar-refractivity contribution >= 4 is 0 Å². The molecule has 17 heavy (non-hydrogen) atoms. The van der Waals surface area contributed by atoms with E-state index in [0.29, 0.717) is 12.1 Å². The molecule has 0 aromatic rings. The second kappa shape index (κ2) is 5.27. The van der Waals surface area contributed by atoms with E-state index in [1.165, 1.54) is 25.8 Å². The number of hydrogen-bond acceptors (Lipinski definition) is 2. The van der Waals surface area contributed by atoms with Crippen LogP contribution in [0.2, 0.25) is 0 Å². The zero-order chi connectivity index (χ0) is 12.6. The molecule has 1 aliphatic heterocycles. The summed E-state index contributed by atoms with van der Waals surface area (Å²) in [4.78, 5) is 2.59. The molecule has 2 aliphatic rings. The van der Waals surface area contributed by atoms with Crippen LogP contribution >= 0.6 is 0 Å². The molecule has 0 spiro atoms. The van der Waals surface area contributed by atoms with Crippen LogP contribution in [0.5, 0.6) is 0 Å². The lowest BCUT2D eigenvalue weighted by Gasteiger charge is -2.42. The molecule has 2 nitrogen and oxygen atoms in total. The first-order valence-electron chi connectivity index (χ1n) is 7.42. The average molecular weight is 239 g/mol. The fourth-order valence-corrected chi connectivity index (χ4v) is 3.92. The fourth-order valence-electron chi connectivity index (χ4n) is 3.92. The second-order valence-corrected chi connectivity index (χ2v) is 6.84. The van der Waals surface area contributed by atoms with Crippen LogP contribution in [-0.2, 0) is 0 Å². The Kier molecular flexibility index (Phi) is 4.14. The molecule has 1 N–H and O–H groups in total. The number of rotatable bonds is 2. The van der Waals surface area contributed by atoms with E-state index in [9.17, 15) is 5.11 Å². The predicted octanol–water partition coefficient (Wildman–Crippen LogP) is 2.90. The van der Waals surface area contributed by atoms with E-state index in [1.807, 2.05) is 0 Å². The van der Waals surface area contributed by atoms with Crippen LogP contribution < -0.4 is 0 Å². The van der Waals surface area contributed by atoms with Crippen LogP contribution in [0.15, 0.2) is 0 Å². The molecule has 0 bridgehead atoms. The normalized spacial score (nSPS) is 44.5. The van der Waals surface area contributed by atoms with Gasteiger partial charge in [0.25, 0.3) is 0 Å². The third-order valence-corrected chi connectivity index (χ3v) is 5.02. The molecule has 2 heteroatoms. The van der Waals surface area contributed by atoms with Gasteiger partial charge in [-0.2, -0.15) is 0 Å².